The van der Waals surface area contributed by atoms with E-state index in [1.54, 1.807) is 0 Å². The van der Waals surface area contributed by atoms with Crippen LogP contribution in [0.3, 0.4) is 0 Å². The van der Waals surface area contributed by atoms with Crippen LogP contribution in [0, 0.1) is 5.82 Å². The SMILES string of the molecule is O=C(O)c1ccc(F)cc1Cc1ccc2ccccc2n1. The molecule has 0 aliphatic carbocycles. The molecule has 3 rings (SSSR count). The summed E-state index contributed by atoms with van der Waals surface area (Å²) in [5.74, 6) is -1.51. The number of hydrogen-bond donors (Lipinski definition) is 1. The van der Waals surface area contributed by atoms with E-state index in [4.69, 9.17) is 5.11 Å². The summed E-state index contributed by atoms with van der Waals surface area (Å²) in [5, 5.41) is 10.2. The van der Waals surface area contributed by atoms with E-state index >= 15 is 0 Å². The van der Waals surface area contributed by atoms with Crippen LogP contribution in [0.5, 0.6) is 0 Å². The Kier molecular flexibility index (Phi) is 3.36. The number of nitrogens with zero attached hydrogens (tertiary/aromatic N) is 1. The molecule has 0 atom stereocenters. The fraction of sp³-hybridized carbons (Fsp3) is 0.0588. The number of aromatic nitrogens is 1. The van der Waals surface area contributed by atoms with Crippen LogP contribution in [-0.4, -0.2) is 16.1 Å². The maximum absolute atomic E-state index is 13.4. The number of carbonyl (C=O) groups is 1. The van der Waals surface area contributed by atoms with Crippen LogP contribution in [0.2, 0.25) is 0 Å². The Labute approximate surface area is 120 Å². The summed E-state index contributed by atoms with van der Waals surface area (Å²) in [6.07, 6.45) is 0.282. The molecule has 2 aromatic carbocycles. The Morgan fingerprint density at radius 3 is 2.71 bits per heavy atom. The van der Waals surface area contributed by atoms with Gasteiger partial charge in [0.15, 0.2) is 0 Å². The molecule has 3 nitrogen and oxygen atoms in total. The third-order valence-corrected chi connectivity index (χ3v) is 3.33. The van der Waals surface area contributed by atoms with Crippen molar-refractivity contribution in [3.05, 3.63) is 77.2 Å². The number of halogens is 1. The van der Waals surface area contributed by atoms with Crippen molar-refractivity contribution in [2.24, 2.45) is 0 Å². The molecule has 0 amide bonds. The predicted molar refractivity (Wildman–Crippen MR) is 77.9 cm³/mol. The zero-order valence-electron chi connectivity index (χ0n) is 11.1. The summed E-state index contributed by atoms with van der Waals surface area (Å²) >= 11 is 0. The van der Waals surface area contributed by atoms with Crippen molar-refractivity contribution >= 4 is 16.9 Å². The van der Waals surface area contributed by atoms with E-state index < -0.39 is 11.8 Å². The number of benzene rings is 2. The number of aromatic carboxylic acids is 1. The van der Waals surface area contributed by atoms with Crippen molar-refractivity contribution in [3.8, 4) is 0 Å². The molecule has 0 saturated carbocycles. The quantitative estimate of drug-likeness (QED) is 0.797. The molecule has 0 aliphatic rings. The molecule has 0 aliphatic heterocycles. The smallest absolute Gasteiger partial charge is 0.335 e. The molecule has 3 aromatic rings. The standard InChI is InChI=1S/C17H12FNO2/c18-13-6-8-15(17(20)21)12(9-13)10-14-7-5-11-3-1-2-4-16(11)19-14/h1-9H,10H2,(H,20,21). The van der Waals surface area contributed by atoms with Gasteiger partial charge in [-0.05, 0) is 35.9 Å². The zero-order valence-corrected chi connectivity index (χ0v) is 11.1. The minimum atomic E-state index is -1.06. The second-order valence-electron chi connectivity index (χ2n) is 4.78. The van der Waals surface area contributed by atoms with E-state index in [0.717, 1.165) is 17.0 Å². The zero-order chi connectivity index (χ0) is 14.8. The van der Waals surface area contributed by atoms with E-state index in [2.05, 4.69) is 4.98 Å². The summed E-state index contributed by atoms with van der Waals surface area (Å²) in [7, 11) is 0. The van der Waals surface area contributed by atoms with Crippen LogP contribution in [0.15, 0.2) is 54.6 Å². The monoisotopic (exact) mass is 281 g/mol. The predicted octanol–water partition coefficient (Wildman–Crippen LogP) is 3.66. The molecule has 104 valence electrons. The number of rotatable bonds is 3. The van der Waals surface area contributed by atoms with Crippen molar-refractivity contribution in [1.29, 1.82) is 0 Å². The van der Waals surface area contributed by atoms with Gasteiger partial charge in [-0.25, -0.2) is 9.18 Å². The van der Waals surface area contributed by atoms with Crippen molar-refractivity contribution in [2.75, 3.05) is 0 Å². The van der Waals surface area contributed by atoms with Crippen LogP contribution in [0.4, 0.5) is 4.39 Å². The number of carboxylic acid groups (broad SMARTS) is 1. The summed E-state index contributed by atoms with van der Waals surface area (Å²) < 4.78 is 13.4. The van der Waals surface area contributed by atoms with Gasteiger partial charge in [-0.3, -0.25) is 4.98 Å². The van der Waals surface area contributed by atoms with Gasteiger partial charge < -0.3 is 5.11 Å². The third kappa shape index (κ3) is 2.74. The lowest BCUT2D eigenvalue weighted by atomic mass is 10.0. The van der Waals surface area contributed by atoms with Crippen LogP contribution < -0.4 is 0 Å². The summed E-state index contributed by atoms with van der Waals surface area (Å²) in [6.45, 7) is 0. The second-order valence-corrected chi connectivity index (χ2v) is 4.78. The summed E-state index contributed by atoms with van der Waals surface area (Å²) in [6, 6.07) is 15.1. The topological polar surface area (TPSA) is 50.2 Å². The average molecular weight is 281 g/mol. The molecule has 21 heavy (non-hydrogen) atoms. The first-order valence-electron chi connectivity index (χ1n) is 6.50. The van der Waals surface area contributed by atoms with E-state index in [1.165, 1.54) is 12.1 Å². The van der Waals surface area contributed by atoms with Gasteiger partial charge in [0.2, 0.25) is 0 Å². The minimum Gasteiger partial charge on any atom is -0.478 e. The summed E-state index contributed by atoms with van der Waals surface area (Å²) in [4.78, 5) is 15.7. The van der Waals surface area contributed by atoms with Gasteiger partial charge in [0.25, 0.3) is 0 Å². The molecule has 0 radical (unpaired) electrons. The lowest BCUT2D eigenvalue weighted by Gasteiger charge is -2.07. The van der Waals surface area contributed by atoms with Gasteiger partial charge in [-0.1, -0.05) is 24.3 Å². The fourth-order valence-corrected chi connectivity index (χ4v) is 2.32. The van der Waals surface area contributed by atoms with Crippen LogP contribution in [-0.2, 0) is 6.42 Å². The van der Waals surface area contributed by atoms with E-state index in [9.17, 15) is 9.18 Å². The molecule has 4 heteroatoms. The maximum atomic E-state index is 13.4. The molecule has 0 unspecified atom stereocenters. The van der Waals surface area contributed by atoms with Crippen molar-refractivity contribution in [3.63, 3.8) is 0 Å². The Morgan fingerprint density at radius 1 is 1.10 bits per heavy atom. The largest absolute Gasteiger partial charge is 0.478 e. The Morgan fingerprint density at radius 2 is 1.90 bits per heavy atom. The first-order valence-corrected chi connectivity index (χ1v) is 6.50. The average Bonchev–Trinajstić information content (AvgIpc) is 2.47. The highest BCUT2D eigenvalue weighted by atomic mass is 19.1. The van der Waals surface area contributed by atoms with Gasteiger partial charge >= 0.3 is 5.97 Å². The van der Waals surface area contributed by atoms with Crippen molar-refractivity contribution in [1.82, 2.24) is 4.98 Å². The highest BCUT2D eigenvalue weighted by molar-refractivity contribution is 5.89. The normalized spacial score (nSPS) is 10.7. The highest BCUT2D eigenvalue weighted by Gasteiger charge is 2.12. The fourth-order valence-electron chi connectivity index (χ4n) is 2.32. The molecule has 1 heterocycles. The molecule has 1 N–H and O–H groups in total. The lowest BCUT2D eigenvalue weighted by molar-refractivity contribution is 0.0696. The van der Waals surface area contributed by atoms with Gasteiger partial charge in [0.05, 0.1) is 11.1 Å². The first-order chi connectivity index (χ1) is 10.1. The van der Waals surface area contributed by atoms with Crippen LogP contribution in [0.25, 0.3) is 10.9 Å². The summed E-state index contributed by atoms with van der Waals surface area (Å²) in [5.41, 5.74) is 2.07. The second kappa shape index (κ2) is 5.32. The Balaban J connectivity index is 2.02. The van der Waals surface area contributed by atoms with Crippen molar-refractivity contribution < 1.29 is 14.3 Å². The van der Waals surface area contributed by atoms with Gasteiger partial charge in [0, 0.05) is 17.5 Å². The number of para-hydroxylation sites is 1. The van der Waals surface area contributed by atoms with Gasteiger partial charge in [0.1, 0.15) is 5.82 Å². The van der Waals surface area contributed by atoms with Crippen LogP contribution in [0.1, 0.15) is 21.6 Å². The minimum absolute atomic E-state index is 0.103. The molecule has 0 bridgehead atoms. The molecular formula is C17H12FNO2. The first kappa shape index (κ1) is 13.2. The Bertz CT molecular complexity index is 830. The Hall–Kier alpha value is -2.75. The highest BCUT2D eigenvalue weighted by Crippen LogP contribution is 2.18. The molecule has 0 fully saturated rings. The number of pyridine rings is 1. The third-order valence-electron chi connectivity index (χ3n) is 3.33. The van der Waals surface area contributed by atoms with E-state index in [-0.39, 0.29) is 12.0 Å². The number of carboxylic acids is 1. The number of hydrogen-bond acceptors (Lipinski definition) is 2. The van der Waals surface area contributed by atoms with E-state index in [1.807, 2.05) is 36.4 Å². The molecule has 0 saturated heterocycles. The lowest BCUT2D eigenvalue weighted by Crippen LogP contribution is -2.04. The van der Waals surface area contributed by atoms with Gasteiger partial charge in [-0.15, -0.1) is 0 Å². The van der Waals surface area contributed by atoms with Gasteiger partial charge in [-0.2, -0.15) is 0 Å². The number of fused-ring (bicyclic) bond motifs is 1. The van der Waals surface area contributed by atoms with E-state index in [0.29, 0.717) is 11.3 Å². The molecule has 0 spiro atoms. The van der Waals surface area contributed by atoms with Crippen molar-refractivity contribution in [2.45, 2.75) is 6.42 Å². The van der Waals surface area contributed by atoms with Crippen LogP contribution >= 0.6 is 0 Å². The molecular weight excluding hydrogens is 269 g/mol. The maximum Gasteiger partial charge on any atom is 0.335 e. The molecule has 1 aromatic heterocycles.